The van der Waals surface area contributed by atoms with Crippen LogP contribution in [0.3, 0.4) is 0 Å². The molecule has 33 nitrogen and oxygen atoms in total. The number of nitrogens with two attached hydrogens (primary N) is 5. The number of nitrogen functional groups attached to an aromatic ring is 5. The summed E-state index contributed by atoms with van der Waals surface area (Å²) in [5, 5.41) is 13.7. The van der Waals surface area contributed by atoms with Gasteiger partial charge in [-0.1, -0.05) is 127 Å². The summed E-state index contributed by atoms with van der Waals surface area (Å²) in [5.41, 5.74) is 42.3. The number of carbonyl (C=O) groups excluding carboxylic acids is 13. The Morgan fingerprint density at radius 3 is 1.10 bits per heavy atom. The number of pyridine rings is 5. The first-order valence-corrected chi connectivity index (χ1v) is 44.2. The minimum Gasteiger partial charge on any atom is -0.497 e. The normalized spacial score (nSPS) is 13.3. The average molecular weight is 1910 g/mol. The molecule has 746 valence electrons. The molecule has 2 atom stereocenters. The molecule has 0 spiro atoms. The molecule has 6 aromatic carbocycles. The molecule has 3 aliphatic carbocycles. The Hall–Kier alpha value is -14.7. The van der Waals surface area contributed by atoms with Crippen LogP contribution in [0.4, 0.5) is 28.4 Å². The third-order valence-electron chi connectivity index (χ3n) is 20.9. The van der Waals surface area contributed by atoms with Crippen molar-refractivity contribution in [1.82, 2.24) is 40.9 Å². The van der Waals surface area contributed by atoms with Crippen LogP contribution in [0.2, 0.25) is 0 Å². The van der Waals surface area contributed by atoms with Crippen molar-refractivity contribution < 1.29 is 95.5 Å². The number of nitrogens with one attached hydrogen (secondary N) is 3. The Kier molecular flexibility index (Phi) is 54.5. The fourth-order valence-electron chi connectivity index (χ4n) is 15.1. The molecule has 3 amide bonds. The quantitative estimate of drug-likeness (QED) is 0.0295. The SMILES string of the molecule is C.C.C.C.CCCOc1cc(OC)cc(C(=O)NC(C)(C)COc2cccc3nc(C)cc(N)c23)c1.Cc1cc(N)c2c(OC3CCCCC3)cccc2n1.Cc1cc(N)c2c(OC3CCCCC3NC(=O)C(C)C)cccc2n1.Cc1cc(N)c2c(OCC(C)(C)NC(=O)C3CCCCC3)cccc2n1.Cc1cc(N)c2c(OCC(C)C)cccc2n1.O=C=O.O=C=O.O=C=O.O=C=O.O=C=O. The Labute approximate surface area is 809 Å². The maximum absolute atomic E-state index is 13.0. The summed E-state index contributed by atoms with van der Waals surface area (Å²) >= 11 is 0. The number of aromatic nitrogens is 5. The molecule has 0 aliphatic heterocycles. The second-order valence-electron chi connectivity index (χ2n) is 34.1. The minimum atomic E-state index is -0.653. The standard InChI is InChI=1S/C25H31N3O4.C21H29N3O2.C20H27N3O2.C16H20N2O.C14H18N2O.5CO2.4CH4/c1-6-10-31-19-13-17(12-18(14-19)30-5)24(29)28-25(3,4)15-32-22-9-7-8-21-23(22)20(26)11-16(2)27-21;1-14-12-16(22)19-17(23-14)10-7-11-18(19)26-13-21(2,3)24-20(25)15-8-5-4-6-9-15;1-12(2)20(24)23-15-7-4-5-9-17(15)25-18-10-6-8-16-19(18)14(21)11-13(3)22-16;1-11-10-13(17)16-14(18-11)8-5-9-15(16)19-12-6-3-2-4-7-12;1-9(2)8-17-13-6-4-5-12-14(13)11(15)7-10(3)16-12;5*2-1-3;;;;/h7-9,11-14H,6,10,15H2,1-5H3,(H2,26,27)(H,28,29);7,10-12,15H,4-6,8-9,13H2,1-3H3,(H2,22,23)(H,24,25);6,8,10-12,15,17H,4-5,7,9H2,1-3H3,(H2,21,22)(H,23,24);5,8-10,12H,2-4,6-7H2,1H3,(H2,17,18);4-7,9H,8H2,1-3H3,(H2,15,16);;;;;;4*1H4. The molecule has 11 aromatic rings. The van der Waals surface area contributed by atoms with Crippen molar-refractivity contribution in [3.63, 3.8) is 0 Å². The van der Waals surface area contributed by atoms with Gasteiger partial charge in [-0.05, 0) is 236 Å². The molecule has 3 fully saturated rings. The lowest BCUT2D eigenvalue weighted by Crippen LogP contribution is -2.50. The van der Waals surface area contributed by atoms with Crippen LogP contribution in [-0.2, 0) is 57.5 Å². The monoisotopic (exact) mass is 1900 g/mol. The molecule has 3 aliphatic rings. The Bertz CT molecular complexity index is 5800. The Morgan fingerprint density at radius 1 is 0.413 bits per heavy atom. The van der Waals surface area contributed by atoms with Gasteiger partial charge in [-0.25, -0.2) is 0 Å². The minimum absolute atomic E-state index is 0. The zero-order chi connectivity index (χ0) is 99.2. The summed E-state index contributed by atoms with van der Waals surface area (Å²) < 4.78 is 41.4. The maximum Gasteiger partial charge on any atom is 0.373 e. The van der Waals surface area contributed by atoms with Gasteiger partial charge in [-0.3, -0.25) is 39.3 Å². The van der Waals surface area contributed by atoms with Gasteiger partial charge >= 0.3 is 30.8 Å². The van der Waals surface area contributed by atoms with E-state index in [1.165, 1.54) is 25.7 Å². The number of amides is 3. The van der Waals surface area contributed by atoms with E-state index < -0.39 is 11.1 Å². The third kappa shape index (κ3) is 39.3. The second kappa shape index (κ2) is 62.0. The molecule has 0 radical (unpaired) electrons. The van der Waals surface area contributed by atoms with Crippen LogP contribution in [-0.4, -0.2) is 136 Å². The highest BCUT2D eigenvalue weighted by Crippen LogP contribution is 2.39. The van der Waals surface area contributed by atoms with E-state index in [0.717, 1.165) is 182 Å². The van der Waals surface area contributed by atoms with Gasteiger partial charge in [-0.2, -0.15) is 47.9 Å². The number of methoxy groups -OCH3 is 1. The zero-order valence-corrected chi connectivity index (χ0v) is 79.0. The second-order valence-corrected chi connectivity index (χ2v) is 34.1. The van der Waals surface area contributed by atoms with Crippen molar-refractivity contribution in [2.75, 3.05) is 62.2 Å². The van der Waals surface area contributed by atoms with Gasteiger partial charge in [0, 0.05) is 80.4 Å². The Morgan fingerprint density at radius 2 is 0.739 bits per heavy atom. The smallest absolute Gasteiger partial charge is 0.373 e. The molecule has 33 heteroatoms. The molecule has 3 saturated carbocycles. The number of fused-ring (bicyclic) bond motifs is 5. The molecule has 5 aromatic heterocycles. The van der Waals surface area contributed by atoms with Crippen molar-refractivity contribution in [3.05, 3.63) is 174 Å². The summed E-state index contributed by atoms with van der Waals surface area (Å²) in [4.78, 5) is 141. The van der Waals surface area contributed by atoms with Crippen molar-refractivity contribution in [1.29, 1.82) is 0 Å². The van der Waals surface area contributed by atoms with Crippen LogP contribution in [0, 0.1) is 52.4 Å². The molecule has 138 heavy (non-hydrogen) atoms. The van der Waals surface area contributed by atoms with Crippen molar-refractivity contribution >= 4 is 131 Å². The van der Waals surface area contributed by atoms with Gasteiger partial charge in [0.2, 0.25) is 11.8 Å². The molecule has 0 saturated heterocycles. The topological polar surface area (TPSA) is 517 Å². The van der Waals surface area contributed by atoms with Crippen LogP contribution in [0.25, 0.3) is 54.5 Å². The number of hydrogen-bond acceptors (Lipinski definition) is 30. The highest BCUT2D eigenvalue weighted by Gasteiger charge is 2.32. The predicted octanol–water partition coefficient (Wildman–Crippen LogP) is 18.7. The Balaban J connectivity index is 0.000000834. The molecular weight excluding hydrogens is 1760 g/mol. The van der Waals surface area contributed by atoms with Crippen molar-refractivity contribution in [3.8, 4) is 40.2 Å². The lowest BCUT2D eigenvalue weighted by Gasteiger charge is -2.33. The number of ether oxygens (including phenoxy) is 7. The van der Waals surface area contributed by atoms with Gasteiger partial charge in [0.25, 0.3) is 5.91 Å². The lowest BCUT2D eigenvalue weighted by atomic mass is 9.88. The third-order valence-corrected chi connectivity index (χ3v) is 20.9. The van der Waals surface area contributed by atoms with E-state index in [1.54, 1.807) is 25.3 Å². The van der Waals surface area contributed by atoms with Crippen molar-refractivity contribution in [2.24, 2.45) is 17.8 Å². The van der Waals surface area contributed by atoms with Crippen LogP contribution < -0.4 is 77.8 Å². The molecule has 14 rings (SSSR count). The van der Waals surface area contributed by atoms with Gasteiger partial charge in [-0.15, -0.1) is 0 Å². The van der Waals surface area contributed by atoms with E-state index in [9.17, 15) is 14.4 Å². The van der Waals surface area contributed by atoms with Crippen LogP contribution in [0.15, 0.2) is 140 Å². The summed E-state index contributed by atoms with van der Waals surface area (Å²) in [5.74, 6) is 5.53. The summed E-state index contributed by atoms with van der Waals surface area (Å²) in [7, 11) is 1.56. The fourth-order valence-corrected chi connectivity index (χ4v) is 15.1. The molecular formula is C105H141N13O20. The molecule has 13 N–H and O–H groups in total. The number of hydrogen-bond donors (Lipinski definition) is 8. The lowest BCUT2D eigenvalue weighted by molar-refractivity contribution is -0.193. The summed E-state index contributed by atoms with van der Waals surface area (Å²) in [6.07, 6.45) is 18.2. The largest absolute Gasteiger partial charge is 0.497 e. The molecule has 5 heterocycles. The molecule has 0 bridgehead atoms. The first-order chi connectivity index (χ1) is 63.9. The van der Waals surface area contributed by atoms with E-state index in [0.29, 0.717) is 77.5 Å². The summed E-state index contributed by atoms with van der Waals surface area (Å²) in [6.45, 7) is 29.4. The first kappa shape index (κ1) is 121. The van der Waals surface area contributed by atoms with E-state index in [2.05, 4.69) is 54.7 Å². The highest BCUT2D eigenvalue weighted by molar-refractivity contribution is 6.00. The van der Waals surface area contributed by atoms with Crippen molar-refractivity contribution in [2.45, 2.75) is 252 Å². The number of rotatable bonds is 23. The van der Waals surface area contributed by atoms with Crippen LogP contribution >= 0.6 is 0 Å². The average Bonchev–Trinajstić information content (AvgIpc) is 0.806. The maximum atomic E-state index is 13.0. The zero-order valence-electron chi connectivity index (χ0n) is 79.0. The van der Waals surface area contributed by atoms with Crippen LogP contribution in [0.1, 0.15) is 227 Å². The van der Waals surface area contributed by atoms with E-state index >= 15 is 0 Å². The summed E-state index contributed by atoms with van der Waals surface area (Å²) in [6, 6.07) is 43.6. The highest BCUT2D eigenvalue weighted by atomic mass is 16.5. The number of nitrogens with zero attached hydrogens (tertiary/aromatic N) is 5. The van der Waals surface area contributed by atoms with Gasteiger partial charge in [0.15, 0.2) is 0 Å². The molecule has 2 unspecified atom stereocenters. The fraction of sp³-hybridized carbons (Fsp3) is 0.438. The van der Waals surface area contributed by atoms with Gasteiger partial charge < -0.3 is 77.8 Å². The predicted molar refractivity (Wildman–Crippen MR) is 534 cm³/mol. The number of benzene rings is 6. The van der Waals surface area contributed by atoms with E-state index in [-0.39, 0.29) is 109 Å². The van der Waals surface area contributed by atoms with E-state index in [1.807, 2.05) is 204 Å². The number of carbonyl (C=O) groups is 3. The van der Waals surface area contributed by atoms with E-state index in [4.69, 9.17) is 110 Å². The van der Waals surface area contributed by atoms with Gasteiger partial charge in [0.05, 0.1) is 98.1 Å². The number of aryl methyl sites for hydroxylation is 5. The van der Waals surface area contributed by atoms with Crippen LogP contribution in [0.5, 0.6) is 40.2 Å². The first-order valence-electron chi connectivity index (χ1n) is 44.2. The van der Waals surface area contributed by atoms with Gasteiger partial charge in [0.1, 0.15) is 59.6 Å². The number of anilines is 5.